The van der Waals surface area contributed by atoms with Crippen molar-refractivity contribution in [2.45, 2.75) is 49.8 Å². The Bertz CT molecular complexity index is 679. The van der Waals surface area contributed by atoms with Gasteiger partial charge in [-0.2, -0.15) is 0 Å². The highest BCUT2D eigenvalue weighted by atomic mass is 79.9. The van der Waals surface area contributed by atoms with E-state index in [2.05, 4.69) is 34.2 Å². The van der Waals surface area contributed by atoms with Gasteiger partial charge in [-0.3, -0.25) is 0 Å². The molecule has 0 aliphatic heterocycles. The van der Waals surface area contributed by atoms with Gasteiger partial charge in [0.15, 0.2) is 0 Å². The molecule has 0 spiro atoms. The van der Waals surface area contributed by atoms with Gasteiger partial charge >= 0.3 is 0 Å². The van der Waals surface area contributed by atoms with Gasteiger partial charge in [0.1, 0.15) is 9.81 Å². The molecular weight excluding hydrogens is 398 g/mol. The minimum atomic E-state index is -3.65. The molecular formula is C16H24BrNO3S2. The summed E-state index contributed by atoms with van der Waals surface area (Å²) in [6, 6.07) is 3.21. The van der Waals surface area contributed by atoms with Gasteiger partial charge in [0, 0.05) is 6.54 Å². The van der Waals surface area contributed by atoms with E-state index in [9.17, 15) is 13.5 Å². The maximum atomic E-state index is 12.3. The third-order valence-electron chi connectivity index (χ3n) is 3.70. The number of allylic oxidation sites excluding steroid dienone is 1. The van der Waals surface area contributed by atoms with Crippen LogP contribution in [0.25, 0.3) is 0 Å². The summed E-state index contributed by atoms with van der Waals surface area (Å²) in [5, 5.41) is 10.9. The van der Waals surface area contributed by atoms with E-state index < -0.39 is 15.6 Å². The zero-order valence-corrected chi connectivity index (χ0v) is 16.9. The Morgan fingerprint density at radius 3 is 2.61 bits per heavy atom. The molecule has 23 heavy (non-hydrogen) atoms. The molecule has 0 aromatic carbocycles. The van der Waals surface area contributed by atoms with E-state index >= 15 is 0 Å². The Morgan fingerprint density at radius 1 is 1.48 bits per heavy atom. The van der Waals surface area contributed by atoms with Crippen molar-refractivity contribution in [3.8, 4) is 0 Å². The second-order valence-corrected chi connectivity index (χ2v) is 10.0. The van der Waals surface area contributed by atoms with Crippen molar-refractivity contribution < 1.29 is 13.5 Å². The molecule has 7 heteroatoms. The number of rotatable bonds is 9. The van der Waals surface area contributed by atoms with Crippen molar-refractivity contribution in [2.75, 3.05) is 6.54 Å². The van der Waals surface area contributed by atoms with Crippen LogP contribution in [0.15, 0.2) is 43.9 Å². The molecule has 0 bridgehead atoms. The molecule has 0 saturated heterocycles. The van der Waals surface area contributed by atoms with Crippen LogP contribution >= 0.6 is 27.3 Å². The zero-order valence-electron chi connectivity index (χ0n) is 13.7. The van der Waals surface area contributed by atoms with Crippen molar-refractivity contribution >= 4 is 37.3 Å². The Morgan fingerprint density at radius 2 is 2.13 bits per heavy atom. The minimum Gasteiger partial charge on any atom is -0.380 e. The SMILES string of the molecule is C=C(C)[C@@](O)(CNS(=O)(=O)c1ccc(Br)s1)C(C)=CCCCC. The van der Waals surface area contributed by atoms with Gasteiger partial charge in [-0.05, 0) is 59.5 Å². The lowest BCUT2D eigenvalue weighted by molar-refractivity contribution is 0.121. The molecule has 0 amide bonds. The monoisotopic (exact) mass is 421 g/mol. The third kappa shape index (κ3) is 5.53. The third-order valence-corrected chi connectivity index (χ3v) is 7.21. The van der Waals surface area contributed by atoms with Gasteiger partial charge in [0.2, 0.25) is 10.0 Å². The Labute approximate surface area is 151 Å². The summed E-state index contributed by atoms with van der Waals surface area (Å²) in [6.45, 7) is 9.30. The van der Waals surface area contributed by atoms with Crippen molar-refractivity contribution in [1.29, 1.82) is 0 Å². The Balaban J connectivity index is 2.92. The summed E-state index contributed by atoms with van der Waals surface area (Å²) in [5.74, 6) is 0. The number of unbranched alkanes of at least 4 members (excludes halogenated alkanes) is 2. The van der Waals surface area contributed by atoms with Crippen LogP contribution in [0.3, 0.4) is 0 Å². The van der Waals surface area contributed by atoms with Gasteiger partial charge in [0.05, 0.1) is 3.79 Å². The summed E-state index contributed by atoms with van der Waals surface area (Å²) in [7, 11) is -3.65. The predicted octanol–water partition coefficient (Wildman–Crippen LogP) is 4.23. The highest BCUT2D eigenvalue weighted by Crippen LogP contribution is 2.28. The molecule has 0 fully saturated rings. The summed E-state index contributed by atoms with van der Waals surface area (Å²) < 4.78 is 28.1. The number of hydrogen-bond acceptors (Lipinski definition) is 4. The summed E-state index contributed by atoms with van der Waals surface area (Å²) in [5.41, 5.74) is -0.152. The van der Waals surface area contributed by atoms with Crippen LogP contribution in [0, 0.1) is 0 Å². The summed E-state index contributed by atoms with van der Waals surface area (Å²) in [4.78, 5) is 0. The first-order valence-electron chi connectivity index (χ1n) is 7.44. The number of thiophene rings is 1. The lowest BCUT2D eigenvalue weighted by atomic mass is 9.87. The normalized spacial score (nSPS) is 15.4. The molecule has 1 aromatic heterocycles. The number of hydrogen-bond donors (Lipinski definition) is 2. The Hall–Kier alpha value is -0.470. The standard InChI is InChI=1S/C16H24BrNO3S2/c1-5-6-7-8-13(4)16(19,12(2)3)11-18-23(20,21)15-10-9-14(17)22-15/h8-10,18-19H,2,5-7,11H2,1,3-4H3/t16-/m0/s1. The van der Waals surface area contributed by atoms with Crippen molar-refractivity contribution in [3.05, 3.63) is 39.7 Å². The minimum absolute atomic E-state index is 0.130. The van der Waals surface area contributed by atoms with E-state index in [1.165, 1.54) is 6.07 Å². The molecule has 0 radical (unpaired) electrons. The van der Waals surface area contributed by atoms with Crippen LogP contribution in [0.5, 0.6) is 0 Å². The highest BCUT2D eigenvalue weighted by Gasteiger charge is 2.32. The predicted molar refractivity (Wildman–Crippen MR) is 100 cm³/mol. The molecule has 0 unspecified atom stereocenters. The molecule has 1 heterocycles. The highest BCUT2D eigenvalue weighted by molar-refractivity contribution is 9.11. The van der Waals surface area contributed by atoms with E-state index in [0.717, 1.165) is 34.4 Å². The smallest absolute Gasteiger partial charge is 0.250 e. The van der Waals surface area contributed by atoms with Gasteiger partial charge < -0.3 is 5.11 Å². The average molecular weight is 422 g/mol. The maximum absolute atomic E-state index is 12.3. The Kier molecular flexibility index (Phi) is 7.67. The first-order valence-corrected chi connectivity index (χ1v) is 10.5. The lowest BCUT2D eigenvalue weighted by Gasteiger charge is -2.30. The number of aliphatic hydroxyl groups is 1. The largest absolute Gasteiger partial charge is 0.380 e. The van der Waals surface area contributed by atoms with Gasteiger partial charge in [-0.1, -0.05) is 32.4 Å². The molecule has 1 atom stereocenters. The zero-order chi connectivity index (χ0) is 17.7. The molecule has 4 nitrogen and oxygen atoms in total. The van der Waals surface area contributed by atoms with Crippen molar-refractivity contribution in [3.63, 3.8) is 0 Å². The lowest BCUT2D eigenvalue weighted by Crippen LogP contribution is -2.44. The fourth-order valence-corrected chi connectivity index (χ4v) is 5.15. The molecule has 0 aliphatic rings. The van der Waals surface area contributed by atoms with Crippen LogP contribution in [0.1, 0.15) is 40.0 Å². The molecule has 0 saturated carbocycles. The van der Waals surface area contributed by atoms with Crippen LogP contribution in [-0.4, -0.2) is 25.7 Å². The second kappa shape index (κ2) is 8.58. The van der Waals surface area contributed by atoms with E-state index in [-0.39, 0.29) is 10.8 Å². The van der Waals surface area contributed by atoms with Gasteiger partial charge in [0.25, 0.3) is 0 Å². The van der Waals surface area contributed by atoms with Crippen molar-refractivity contribution in [1.82, 2.24) is 4.72 Å². The number of halogens is 1. The van der Waals surface area contributed by atoms with Gasteiger partial charge in [-0.25, -0.2) is 13.1 Å². The maximum Gasteiger partial charge on any atom is 0.250 e. The van der Waals surface area contributed by atoms with Crippen molar-refractivity contribution in [2.24, 2.45) is 0 Å². The van der Waals surface area contributed by atoms with Crippen LogP contribution in [0.4, 0.5) is 0 Å². The molecule has 2 N–H and O–H groups in total. The number of sulfonamides is 1. The van der Waals surface area contributed by atoms with Crippen LogP contribution in [0.2, 0.25) is 0 Å². The molecule has 0 aliphatic carbocycles. The molecule has 130 valence electrons. The van der Waals surface area contributed by atoms with E-state index in [1.54, 1.807) is 19.9 Å². The van der Waals surface area contributed by atoms with E-state index in [4.69, 9.17) is 0 Å². The van der Waals surface area contributed by atoms with Crippen LogP contribution in [-0.2, 0) is 10.0 Å². The van der Waals surface area contributed by atoms with Gasteiger partial charge in [-0.15, -0.1) is 11.3 Å². The average Bonchev–Trinajstić information content (AvgIpc) is 2.92. The van der Waals surface area contributed by atoms with E-state index in [0.29, 0.717) is 11.1 Å². The molecule has 1 aromatic rings. The quantitative estimate of drug-likeness (QED) is 0.462. The summed E-state index contributed by atoms with van der Waals surface area (Å²) >= 11 is 4.38. The van der Waals surface area contributed by atoms with Crippen LogP contribution < -0.4 is 4.72 Å². The second-order valence-electron chi connectivity index (χ2n) is 5.55. The fraction of sp³-hybridized carbons (Fsp3) is 0.500. The topological polar surface area (TPSA) is 66.4 Å². The first kappa shape index (κ1) is 20.6. The molecule has 1 rings (SSSR count). The summed E-state index contributed by atoms with van der Waals surface area (Å²) in [6.07, 6.45) is 4.89. The van der Waals surface area contributed by atoms with E-state index in [1.807, 2.05) is 6.08 Å². The number of nitrogens with one attached hydrogen (secondary N) is 1. The fourth-order valence-electron chi connectivity index (χ4n) is 2.03. The first-order chi connectivity index (χ1) is 10.6.